The minimum Gasteiger partial charge on any atom is -0.367 e. The van der Waals surface area contributed by atoms with Gasteiger partial charge in [0.05, 0.1) is 6.10 Å². The van der Waals surface area contributed by atoms with E-state index in [1.807, 2.05) is 0 Å². The topological polar surface area (TPSA) is 50.4 Å². The molecule has 1 aliphatic heterocycles. The van der Waals surface area contributed by atoms with Crippen LogP contribution in [0, 0.1) is 5.92 Å². The van der Waals surface area contributed by atoms with Crippen LogP contribution in [0.5, 0.6) is 0 Å². The number of ether oxygens (including phenoxy) is 1. The van der Waals surface area contributed by atoms with E-state index >= 15 is 0 Å². The van der Waals surface area contributed by atoms with Crippen molar-refractivity contribution in [3.8, 4) is 0 Å². The maximum atomic E-state index is 11.5. The number of hydrogen-bond donors (Lipinski definition) is 2. The number of amides is 1. The molecule has 4 heteroatoms. The van der Waals surface area contributed by atoms with Crippen molar-refractivity contribution in [1.29, 1.82) is 0 Å². The Labute approximate surface area is 104 Å². The fourth-order valence-electron chi connectivity index (χ4n) is 1.86. The second kappa shape index (κ2) is 7.67. The molecule has 1 fully saturated rings. The normalized spacial score (nSPS) is 24.9. The first-order valence-corrected chi connectivity index (χ1v) is 6.69. The second-order valence-corrected chi connectivity index (χ2v) is 5.35. The molecule has 0 spiro atoms. The molecule has 2 N–H and O–H groups in total. The SMILES string of the molecule is CC(C)CCNC(=O)COC1CCC(C)NC1. The van der Waals surface area contributed by atoms with Crippen molar-refractivity contribution in [2.75, 3.05) is 19.7 Å². The minimum absolute atomic E-state index is 0.00396. The number of rotatable bonds is 6. The Bertz CT molecular complexity index is 223. The van der Waals surface area contributed by atoms with E-state index in [0.717, 1.165) is 32.4 Å². The molecule has 4 nitrogen and oxygen atoms in total. The van der Waals surface area contributed by atoms with Crippen molar-refractivity contribution in [2.45, 2.75) is 52.2 Å². The highest BCUT2D eigenvalue weighted by molar-refractivity contribution is 5.77. The van der Waals surface area contributed by atoms with Crippen LogP contribution in [-0.4, -0.2) is 37.7 Å². The highest BCUT2D eigenvalue weighted by Gasteiger charge is 2.18. The molecule has 1 aliphatic rings. The smallest absolute Gasteiger partial charge is 0.246 e. The van der Waals surface area contributed by atoms with Crippen LogP contribution in [0.25, 0.3) is 0 Å². The first-order chi connectivity index (χ1) is 8.08. The molecule has 0 aromatic rings. The van der Waals surface area contributed by atoms with E-state index in [1.54, 1.807) is 0 Å². The maximum Gasteiger partial charge on any atom is 0.246 e. The fourth-order valence-corrected chi connectivity index (χ4v) is 1.86. The maximum absolute atomic E-state index is 11.5. The van der Waals surface area contributed by atoms with Crippen LogP contribution in [0.3, 0.4) is 0 Å². The molecule has 0 aromatic carbocycles. The van der Waals surface area contributed by atoms with Gasteiger partial charge in [-0.3, -0.25) is 4.79 Å². The van der Waals surface area contributed by atoms with E-state index < -0.39 is 0 Å². The summed E-state index contributed by atoms with van der Waals surface area (Å²) in [6, 6.07) is 0.578. The summed E-state index contributed by atoms with van der Waals surface area (Å²) in [6.07, 6.45) is 3.39. The van der Waals surface area contributed by atoms with Gasteiger partial charge in [-0.25, -0.2) is 0 Å². The van der Waals surface area contributed by atoms with Crippen LogP contribution in [-0.2, 0) is 9.53 Å². The minimum atomic E-state index is 0.00396. The van der Waals surface area contributed by atoms with Crippen LogP contribution >= 0.6 is 0 Å². The zero-order valence-electron chi connectivity index (χ0n) is 11.3. The van der Waals surface area contributed by atoms with Gasteiger partial charge >= 0.3 is 0 Å². The van der Waals surface area contributed by atoms with Crippen LogP contribution < -0.4 is 10.6 Å². The molecular weight excluding hydrogens is 216 g/mol. The lowest BCUT2D eigenvalue weighted by Crippen LogP contribution is -2.42. The van der Waals surface area contributed by atoms with E-state index in [0.29, 0.717) is 12.0 Å². The van der Waals surface area contributed by atoms with Gasteiger partial charge in [-0.15, -0.1) is 0 Å². The zero-order valence-corrected chi connectivity index (χ0v) is 11.3. The van der Waals surface area contributed by atoms with Gasteiger partial charge in [0.15, 0.2) is 0 Å². The average Bonchev–Trinajstić information content (AvgIpc) is 2.28. The largest absolute Gasteiger partial charge is 0.367 e. The van der Waals surface area contributed by atoms with Crippen molar-refractivity contribution in [1.82, 2.24) is 10.6 Å². The fraction of sp³-hybridized carbons (Fsp3) is 0.923. The molecular formula is C13H26N2O2. The Balaban J connectivity index is 2.03. The molecule has 1 saturated heterocycles. The molecule has 100 valence electrons. The molecule has 0 saturated carbocycles. The Morgan fingerprint density at radius 2 is 2.24 bits per heavy atom. The monoisotopic (exact) mass is 242 g/mol. The molecule has 2 unspecified atom stereocenters. The predicted octanol–water partition coefficient (Wildman–Crippen LogP) is 1.31. The summed E-state index contributed by atoms with van der Waals surface area (Å²) in [5.41, 5.74) is 0. The van der Waals surface area contributed by atoms with Crippen LogP contribution in [0.4, 0.5) is 0 Å². The first-order valence-electron chi connectivity index (χ1n) is 6.69. The molecule has 0 aliphatic carbocycles. The highest BCUT2D eigenvalue weighted by atomic mass is 16.5. The van der Waals surface area contributed by atoms with E-state index in [4.69, 9.17) is 4.74 Å². The number of carbonyl (C=O) groups is 1. The molecule has 2 atom stereocenters. The third kappa shape index (κ3) is 6.64. The number of nitrogens with one attached hydrogen (secondary N) is 2. The summed E-state index contributed by atoms with van der Waals surface area (Å²) in [7, 11) is 0. The van der Waals surface area contributed by atoms with Gasteiger partial charge < -0.3 is 15.4 Å². The van der Waals surface area contributed by atoms with Gasteiger partial charge in [-0.05, 0) is 32.1 Å². The molecule has 1 rings (SSSR count). The predicted molar refractivity (Wildman–Crippen MR) is 68.9 cm³/mol. The van der Waals surface area contributed by atoms with Crippen molar-refractivity contribution >= 4 is 5.91 Å². The molecule has 1 heterocycles. The van der Waals surface area contributed by atoms with E-state index in [-0.39, 0.29) is 18.6 Å². The third-order valence-electron chi connectivity index (χ3n) is 3.11. The summed E-state index contributed by atoms with van der Waals surface area (Å²) in [4.78, 5) is 11.5. The number of carbonyl (C=O) groups excluding carboxylic acids is 1. The van der Waals surface area contributed by atoms with Gasteiger partial charge in [-0.1, -0.05) is 13.8 Å². The average molecular weight is 242 g/mol. The second-order valence-electron chi connectivity index (χ2n) is 5.35. The van der Waals surface area contributed by atoms with Crippen molar-refractivity contribution in [3.05, 3.63) is 0 Å². The summed E-state index contributed by atoms with van der Waals surface area (Å²) in [5.74, 6) is 0.629. The summed E-state index contributed by atoms with van der Waals surface area (Å²) in [6.45, 7) is 8.28. The lowest BCUT2D eigenvalue weighted by atomic mass is 10.0. The van der Waals surface area contributed by atoms with Gasteiger partial charge in [-0.2, -0.15) is 0 Å². The van der Waals surface area contributed by atoms with Crippen molar-refractivity contribution in [3.63, 3.8) is 0 Å². The standard InChI is InChI=1S/C13H26N2O2/c1-10(2)6-7-14-13(16)9-17-12-5-4-11(3)15-8-12/h10-12,15H,4-9H2,1-3H3,(H,14,16). The molecule has 0 aromatic heterocycles. The summed E-state index contributed by atoms with van der Waals surface area (Å²) in [5, 5.41) is 6.24. The molecule has 0 radical (unpaired) electrons. The van der Waals surface area contributed by atoms with Crippen LogP contribution in [0.1, 0.15) is 40.0 Å². The molecule has 0 bridgehead atoms. The van der Waals surface area contributed by atoms with E-state index in [2.05, 4.69) is 31.4 Å². The Morgan fingerprint density at radius 1 is 1.47 bits per heavy atom. The summed E-state index contributed by atoms with van der Waals surface area (Å²) < 4.78 is 5.58. The third-order valence-corrected chi connectivity index (χ3v) is 3.11. The zero-order chi connectivity index (χ0) is 12.7. The Kier molecular flexibility index (Phi) is 6.52. The van der Waals surface area contributed by atoms with E-state index in [1.165, 1.54) is 0 Å². The van der Waals surface area contributed by atoms with Crippen molar-refractivity contribution in [2.24, 2.45) is 5.92 Å². The quantitative estimate of drug-likeness (QED) is 0.738. The number of piperidine rings is 1. The van der Waals surface area contributed by atoms with Gasteiger partial charge in [0.2, 0.25) is 5.91 Å². The number of hydrogen-bond acceptors (Lipinski definition) is 3. The Hall–Kier alpha value is -0.610. The molecule has 17 heavy (non-hydrogen) atoms. The van der Waals surface area contributed by atoms with E-state index in [9.17, 15) is 4.79 Å². The van der Waals surface area contributed by atoms with Crippen LogP contribution in [0.15, 0.2) is 0 Å². The molecule has 1 amide bonds. The Morgan fingerprint density at radius 3 is 2.82 bits per heavy atom. The summed E-state index contributed by atoms with van der Waals surface area (Å²) >= 11 is 0. The van der Waals surface area contributed by atoms with Gasteiger partial charge in [0, 0.05) is 19.1 Å². The van der Waals surface area contributed by atoms with Crippen LogP contribution in [0.2, 0.25) is 0 Å². The van der Waals surface area contributed by atoms with Gasteiger partial charge in [0.25, 0.3) is 0 Å². The highest BCUT2D eigenvalue weighted by Crippen LogP contribution is 2.10. The lowest BCUT2D eigenvalue weighted by Gasteiger charge is -2.27. The first kappa shape index (κ1) is 14.5. The lowest BCUT2D eigenvalue weighted by molar-refractivity contribution is -0.128. The van der Waals surface area contributed by atoms with Gasteiger partial charge in [0.1, 0.15) is 6.61 Å². The van der Waals surface area contributed by atoms with Crippen molar-refractivity contribution < 1.29 is 9.53 Å².